The highest BCUT2D eigenvalue weighted by Crippen LogP contribution is 2.16. The van der Waals surface area contributed by atoms with Crippen molar-refractivity contribution >= 4 is 5.97 Å². The van der Waals surface area contributed by atoms with E-state index in [1.54, 1.807) is 0 Å². The van der Waals surface area contributed by atoms with E-state index in [4.69, 9.17) is 4.74 Å². The average Bonchev–Trinajstić information content (AvgIpc) is 2.74. The van der Waals surface area contributed by atoms with Crippen molar-refractivity contribution in [3.8, 4) is 0 Å². The fraction of sp³-hybridized carbons (Fsp3) is 0.741. The lowest BCUT2D eigenvalue weighted by Gasteiger charge is -2.10. The normalized spacial score (nSPS) is 11.0. The van der Waals surface area contributed by atoms with E-state index in [1.807, 2.05) is 18.2 Å². The molecule has 0 bridgehead atoms. The summed E-state index contributed by atoms with van der Waals surface area (Å²) in [7, 11) is 0. The molecule has 1 rings (SSSR count). The molecule has 0 atom stereocenters. The summed E-state index contributed by atoms with van der Waals surface area (Å²) in [5, 5.41) is 0. The van der Waals surface area contributed by atoms with Crippen LogP contribution in [0.3, 0.4) is 0 Å². The van der Waals surface area contributed by atoms with Crippen LogP contribution in [0.2, 0.25) is 0 Å². The molecule has 166 valence electrons. The summed E-state index contributed by atoms with van der Waals surface area (Å²) in [5.74, 6) is -0.138. The quantitative estimate of drug-likeness (QED) is 0.171. The summed E-state index contributed by atoms with van der Waals surface area (Å²) in [6.07, 6.45) is 21.7. The zero-order chi connectivity index (χ0) is 21.0. The number of benzene rings is 1. The van der Waals surface area contributed by atoms with Gasteiger partial charge in [0.25, 0.3) is 0 Å². The van der Waals surface area contributed by atoms with Gasteiger partial charge in [-0.3, -0.25) is 0 Å². The largest absolute Gasteiger partial charge is 0.462 e. The predicted molar refractivity (Wildman–Crippen MR) is 126 cm³/mol. The molecule has 0 aromatic heterocycles. The summed E-state index contributed by atoms with van der Waals surface area (Å²) in [5.41, 5.74) is 1.93. The Morgan fingerprint density at radius 3 is 1.72 bits per heavy atom. The Morgan fingerprint density at radius 1 is 0.655 bits per heavy atom. The molecule has 0 aliphatic heterocycles. The number of unbranched alkanes of at least 4 members (excludes halogenated alkanes) is 14. The topological polar surface area (TPSA) is 26.3 Å². The van der Waals surface area contributed by atoms with E-state index < -0.39 is 0 Å². The van der Waals surface area contributed by atoms with Crippen LogP contribution in [0.5, 0.6) is 0 Å². The van der Waals surface area contributed by atoms with E-state index in [-0.39, 0.29) is 5.97 Å². The molecule has 0 N–H and O–H groups in total. The smallest absolute Gasteiger partial charge is 0.338 e. The first kappa shape index (κ1) is 25.7. The van der Waals surface area contributed by atoms with Crippen molar-refractivity contribution in [2.24, 2.45) is 0 Å². The molecule has 0 heterocycles. The van der Waals surface area contributed by atoms with Crippen molar-refractivity contribution in [3.05, 3.63) is 35.4 Å². The number of esters is 1. The van der Waals surface area contributed by atoms with Crippen LogP contribution in [0.15, 0.2) is 24.3 Å². The molecule has 0 unspecified atom stereocenters. The van der Waals surface area contributed by atoms with Crippen LogP contribution in [0.4, 0.5) is 0 Å². The van der Waals surface area contributed by atoms with Gasteiger partial charge in [-0.15, -0.1) is 0 Å². The zero-order valence-electron chi connectivity index (χ0n) is 19.4. The van der Waals surface area contributed by atoms with Gasteiger partial charge in [-0.05, 0) is 30.9 Å². The van der Waals surface area contributed by atoms with Gasteiger partial charge in [-0.25, -0.2) is 4.79 Å². The molecule has 0 saturated heterocycles. The lowest BCUT2D eigenvalue weighted by Crippen LogP contribution is -2.09. The van der Waals surface area contributed by atoms with E-state index >= 15 is 0 Å². The minimum Gasteiger partial charge on any atom is -0.462 e. The van der Waals surface area contributed by atoms with E-state index in [0.717, 1.165) is 36.8 Å². The van der Waals surface area contributed by atoms with Crippen molar-refractivity contribution in [3.63, 3.8) is 0 Å². The fourth-order valence-corrected chi connectivity index (χ4v) is 3.87. The van der Waals surface area contributed by atoms with Gasteiger partial charge in [0.05, 0.1) is 12.2 Å². The van der Waals surface area contributed by atoms with E-state index in [2.05, 4.69) is 19.9 Å². The third-order valence-electron chi connectivity index (χ3n) is 5.77. The Labute approximate surface area is 180 Å². The number of rotatable bonds is 19. The van der Waals surface area contributed by atoms with Crippen LogP contribution in [-0.2, 0) is 11.2 Å². The molecule has 29 heavy (non-hydrogen) atoms. The molecule has 1 aromatic rings. The Bertz CT molecular complexity index is 509. The van der Waals surface area contributed by atoms with E-state index in [0.29, 0.717) is 6.61 Å². The van der Waals surface area contributed by atoms with Gasteiger partial charge in [0, 0.05) is 0 Å². The molecule has 2 nitrogen and oxygen atoms in total. The number of aryl methyl sites for hydroxylation is 1. The lowest BCUT2D eigenvalue weighted by molar-refractivity contribution is 0.0496. The number of hydrogen-bond acceptors (Lipinski definition) is 2. The molecule has 0 amide bonds. The highest BCUT2D eigenvalue weighted by Gasteiger charge is 2.11. The monoisotopic (exact) mass is 402 g/mol. The minimum absolute atomic E-state index is 0.138. The third kappa shape index (κ3) is 13.5. The first-order chi connectivity index (χ1) is 14.3. The molecule has 0 aliphatic carbocycles. The van der Waals surface area contributed by atoms with E-state index in [1.165, 1.54) is 83.5 Å². The number of carbonyl (C=O) groups excluding carboxylic acids is 1. The van der Waals surface area contributed by atoms with Gasteiger partial charge in [-0.2, -0.15) is 0 Å². The number of carbonyl (C=O) groups is 1. The fourth-order valence-electron chi connectivity index (χ4n) is 3.87. The van der Waals surface area contributed by atoms with Gasteiger partial charge in [0.15, 0.2) is 0 Å². The molecule has 0 aliphatic rings. The molecular formula is C27H46O2. The standard InChI is InChI=1S/C27H46O2/c1-3-5-7-9-11-12-13-14-15-17-21-25-22-18-19-23-26(25)27(28)29-24-20-16-10-8-6-4-2/h18-19,22-23H,3-17,20-21,24H2,1-2H3. The van der Waals surface area contributed by atoms with Crippen molar-refractivity contribution < 1.29 is 9.53 Å². The minimum atomic E-state index is -0.138. The van der Waals surface area contributed by atoms with Crippen molar-refractivity contribution in [1.82, 2.24) is 0 Å². The van der Waals surface area contributed by atoms with Crippen molar-refractivity contribution in [2.75, 3.05) is 6.61 Å². The second-order valence-electron chi connectivity index (χ2n) is 8.49. The Balaban J connectivity index is 2.16. The first-order valence-corrected chi connectivity index (χ1v) is 12.5. The van der Waals surface area contributed by atoms with Crippen LogP contribution in [-0.4, -0.2) is 12.6 Å². The first-order valence-electron chi connectivity index (χ1n) is 12.5. The third-order valence-corrected chi connectivity index (χ3v) is 5.77. The highest BCUT2D eigenvalue weighted by molar-refractivity contribution is 5.91. The number of hydrogen-bond donors (Lipinski definition) is 0. The molecule has 2 heteroatoms. The summed E-state index contributed by atoms with van der Waals surface area (Å²) in [6.45, 7) is 5.06. The lowest BCUT2D eigenvalue weighted by atomic mass is 10.00. The van der Waals surface area contributed by atoms with Gasteiger partial charge < -0.3 is 4.74 Å². The van der Waals surface area contributed by atoms with Crippen LogP contribution in [0, 0.1) is 0 Å². The maximum Gasteiger partial charge on any atom is 0.338 e. The number of ether oxygens (including phenoxy) is 1. The zero-order valence-corrected chi connectivity index (χ0v) is 19.4. The summed E-state index contributed by atoms with van der Waals surface area (Å²) in [4.78, 5) is 12.5. The molecule has 1 aromatic carbocycles. The summed E-state index contributed by atoms with van der Waals surface area (Å²) in [6, 6.07) is 8.00. The van der Waals surface area contributed by atoms with Gasteiger partial charge >= 0.3 is 5.97 Å². The Kier molecular flexibility index (Phi) is 16.6. The molecule has 0 spiro atoms. The predicted octanol–water partition coefficient (Wildman–Crippen LogP) is 8.67. The van der Waals surface area contributed by atoms with Crippen molar-refractivity contribution in [2.45, 2.75) is 123 Å². The van der Waals surface area contributed by atoms with Crippen LogP contribution >= 0.6 is 0 Å². The van der Waals surface area contributed by atoms with Crippen LogP contribution < -0.4 is 0 Å². The van der Waals surface area contributed by atoms with Gasteiger partial charge in [0.2, 0.25) is 0 Å². The molecule has 0 radical (unpaired) electrons. The van der Waals surface area contributed by atoms with Gasteiger partial charge in [0.1, 0.15) is 0 Å². The SMILES string of the molecule is CCCCCCCCCCCCc1ccccc1C(=O)OCCCCCCCC. The maximum absolute atomic E-state index is 12.5. The average molecular weight is 403 g/mol. The van der Waals surface area contributed by atoms with Crippen molar-refractivity contribution in [1.29, 1.82) is 0 Å². The maximum atomic E-state index is 12.5. The Hall–Kier alpha value is -1.31. The molecule has 0 saturated carbocycles. The second-order valence-corrected chi connectivity index (χ2v) is 8.49. The molecule has 0 fully saturated rings. The van der Waals surface area contributed by atoms with E-state index in [9.17, 15) is 4.79 Å². The highest BCUT2D eigenvalue weighted by atomic mass is 16.5. The molecular weight excluding hydrogens is 356 g/mol. The second kappa shape index (κ2) is 18.7. The summed E-state index contributed by atoms with van der Waals surface area (Å²) >= 11 is 0. The summed E-state index contributed by atoms with van der Waals surface area (Å²) < 4.78 is 5.54. The Morgan fingerprint density at radius 2 is 1.14 bits per heavy atom. The van der Waals surface area contributed by atoms with Crippen LogP contribution in [0.1, 0.15) is 133 Å². The van der Waals surface area contributed by atoms with Gasteiger partial charge in [-0.1, -0.05) is 122 Å². The van der Waals surface area contributed by atoms with Crippen LogP contribution in [0.25, 0.3) is 0 Å².